The minimum absolute atomic E-state index is 0.245. The molecule has 0 unspecified atom stereocenters. The first kappa shape index (κ1) is 15.1. The van der Waals surface area contributed by atoms with E-state index in [0.717, 1.165) is 12.0 Å². The lowest BCUT2D eigenvalue weighted by atomic mass is 10.0. The molecule has 5 nitrogen and oxygen atoms in total. The van der Waals surface area contributed by atoms with E-state index in [1.54, 1.807) is 27.0 Å². The van der Waals surface area contributed by atoms with Crippen molar-refractivity contribution in [3.8, 4) is 0 Å². The Balaban J connectivity index is 2.41. The van der Waals surface area contributed by atoms with Crippen molar-refractivity contribution < 1.29 is 14.3 Å². The number of pyridine rings is 1. The quantitative estimate of drug-likeness (QED) is 0.825. The van der Waals surface area contributed by atoms with Gasteiger partial charge in [-0.25, -0.2) is 4.79 Å². The summed E-state index contributed by atoms with van der Waals surface area (Å²) in [6.07, 6.45) is 2.49. The molecular formula is C14H20N2O3. The summed E-state index contributed by atoms with van der Waals surface area (Å²) < 4.78 is 5.10. The van der Waals surface area contributed by atoms with Crippen LogP contribution >= 0.6 is 0 Å². The molecular weight excluding hydrogens is 244 g/mol. The Bertz CT molecular complexity index is 412. The number of carbonyl (C=O) groups is 2. The normalized spacial score (nSPS) is 12.6. The van der Waals surface area contributed by atoms with Crippen LogP contribution in [0.15, 0.2) is 24.4 Å². The zero-order valence-electron chi connectivity index (χ0n) is 11.6. The number of hydrogen-bond donors (Lipinski definition) is 1. The number of carbonyl (C=O) groups excluding carboxylic acids is 2. The molecule has 104 valence electrons. The fourth-order valence-corrected chi connectivity index (χ4v) is 1.48. The number of nitrogens with zero attached hydrogens (tertiary/aromatic N) is 1. The second-order valence-electron chi connectivity index (χ2n) is 5.30. The van der Waals surface area contributed by atoms with Crippen LogP contribution in [-0.4, -0.2) is 29.5 Å². The molecule has 1 atom stereocenters. The molecule has 0 radical (unpaired) electrons. The third-order valence-corrected chi connectivity index (χ3v) is 2.30. The second-order valence-corrected chi connectivity index (χ2v) is 5.30. The van der Waals surface area contributed by atoms with E-state index in [9.17, 15) is 9.59 Å². The van der Waals surface area contributed by atoms with Crippen molar-refractivity contribution >= 4 is 12.4 Å². The van der Waals surface area contributed by atoms with Gasteiger partial charge in [0.1, 0.15) is 11.9 Å². The van der Waals surface area contributed by atoms with Crippen LogP contribution in [0.25, 0.3) is 0 Å². The largest absolute Gasteiger partial charge is 0.444 e. The van der Waals surface area contributed by atoms with Crippen molar-refractivity contribution in [3.63, 3.8) is 0 Å². The van der Waals surface area contributed by atoms with E-state index in [4.69, 9.17) is 4.74 Å². The molecule has 0 saturated heterocycles. The van der Waals surface area contributed by atoms with Crippen LogP contribution in [0.5, 0.6) is 0 Å². The molecule has 0 aliphatic carbocycles. The molecule has 0 fully saturated rings. The van der Waals surface area contributed by atoms with E-state index in [1.165, 1.54) is 0 Å². The third-order valence-electron chi connectivity index (χ3n) is 2.30. The molecule has 1 aromatic rings. The highest BCUT2D eigenvalue weighted by atomic mass is 16.6. The number of hydrogen-bond acceptors (Lipinski definition) is 4. The highest BCUT2D eigenvalue weighted by molar-refractivity contribution is 5.68. The summed E-state index contributed by atoms with van der Waals surface area (Å²) in [5.74, 6) is -0.303. The van der Waals surface area contributed by atoms with Gasteiger partial charge in [-0.05, 0) is 32.9 Å². The minimum Gasteiger partial charge on any atom is -0.444 e. The Morgan fingerprint density at radius 1 is 1.47 bits per heavy atom. The first-order valence-electron chi connectivity index (χ1n) is 6.23. The number of amides is 1. The van der Waals surface area contributed by atoms with Gasteiger partial charge in [0, 0.05) is 30.8 Å². The maximum atomic E-state index is 11.5. The molecule has 1 rings (SSSR count). The van der Waals surface area contributed by atoms with Gasteiger partial charge in [0.15, 0.2) is 0 Å². The number of aldehydes is 1. The van der Waals surface area contributed by atoms with Crippen LogP contribution in [-0.2, 0) is 16.0 Å². The summed E-state index contributed by atoms with van der Waals surface area (Å²) in [5.41, 5.74) is 0.285. The number of nitrogens with one attached hydrogen (secondary N) is 1. The maximum absolute atomic E-state index is 11.5. The molecule has 0 spiro atoms. The summed E-state index contributed by atoms with van der Waals surface area (Å²) >= 11 is 0. The van der Waals surface area contributed by atoms with Crippen molar-refractivity contribution in [2.45, 2.75) is 32.8 Å². The summed E-state index contributed by atoms with van der Waals surface area (Å²) in [6, 6.07) is 5.54. The zero-order valence-corrected chi connectivity index (χ0v) is 11.6. The predicted octanol–water partition coefficient (Wildman–Crippen LogP) is 1.96. The molecule has 1 amide bonds. The summed E-state index contributed by atoms with van der Waals surface area (Å²) in [7, 11) is 0. The molecule has 0 bridgehead atoms. The van der Waals surface area contributed by atoms with E-state index >= 15 is 0 Å². The van der Waals surface area contributed by atoms with Crippen LogP contribution in [0.4, 0.5) is 4.79 Å². The summed E-state index contributed by atoms with van der Waals surface area (Å²) in [5, 5.41) is 2.59. The van der Waals surface area contributed by atoms with Gasteiger partial charge in [-0.15, -0.1) is 0 Å². The van der Waals surface area contributed by atoms with Gasteiger partial charge >= 0.3 is 6.09 Å². The smallest absolute Gasteiger partial charge is 0.407 e. The number of alkyl carbamates (subject to hydrolysis) is 1. The number of rotatable bonds is 5. The Morgan fingerprint density at radius 3 is 2.74 bits per heavy atom. The van der Waals surface area contributed by atoms with Gasteiger partial charge in [0.2, 0.25) is 0 Å². The van der Waals surface area contributed by atoms with E-state index in [2.05, 4.69) is 10.3 Å². The van der Waals surface area contributed by atoms with Crippen LogP contribution < -0.4 is 5.32 Å². The van der Waals surface area contributed by atoms with Crippen LogP contribution in [0.2, 0.25) is 0 Å². The van der Waals surface area contributed by atoms with Crippen molar-refractivity contribution in [2.75, 3.05) is 6.54 Å². The fraction of sp³-hybridized carbons (Fsp3) is 0.500. The van der Waals surface area contributed by atoms with Gasteiger partial charge in [-0.3, -0.25) is 4.98 Å². The van der Waals surface area contributed by atoms with Gasteiger partial charge in [-0.2, -0.15) is 0 Å². The van der Waals surface area contributed by atoms with Gasteiger partial charge in [0.25, 0.3) is 0 Å². The highest BCUT2D eigenvalue weighted by Crippen LogP contribution is 2.07. The standard InChI is InChI=1S/C14H20N2O3/c1-14(2,3)19-13(18)16-9-11(10-17)8-12-6-4-5-7-15-12/h4-7,10-11H,8-9H2,1-3H3,(H,16,18)/t11-/m1/s1. The van der Waals surface area contributed by atoms with E-state index < -0.39 is 11.7 Å². The zero-order chi connectivity index (χ0) is 14.3. The molecule has 5 heteroatoms. The molecule has 0 aliphatic rings. The maximum Gasteiger partial charge on any atom is 0.407 e. The lowest BCUT2D eigenvalue weighted by Gasteiger charge is -2.20. The van der Waals surface area contributed by atoms with Crippen molar-refractivity contribution in [2.24, 2.45) is 5.92 Å². The van der Waals surface area contributed by atoms with E-state index in [1.807, 2.05) is 18.2 Å². The summed E-state index contributed by atoms with van der Waals surface area (Å²) in [4.78, 5) is 26.6. The minimum atomic E-state index is -0.540. The van der Waals surface area contributed by atoms with Crippen LogP contribution in [0.1, 0.15) is 26.5 Å². The van der Waals surface area contributed by atoms with Gasteiger partial charge < -0.3 is 14.8 Å². The summed E-state index contributed by atoms with van der Waals surface area (Å²) in [6.45, 7) is 5.61. The van der Waals surface area contributed by atoms with Crippen molar-refractivity contribution in [3.05, 3.63) is 30.1 Å². The monoisotopic (exact) mass is 264 g/mol. The van der Waals surface area contributed by atoms with Crippen LogP contribution in [0.3, 0.4) is 0 Å². The number of ether oxygens (including phenoxy) is 1. The molecule has 1 heterocycles. The lowest BCUT2D eigenvalue weighted by Crippen LogP contribution is -2.36. The van der Waals surface area contributed by atoms with Crippen LogP contribution in [0, 0.1) is 5.92 Å². The average Bonchev–Trinajstić information content (AvgIpc) is 2.33. The molecule has 0 aliphatic heterocycles. The predicted molar refractivity (Wildman–Crippen MR) is 71.7 cm³/mol. The Kier molecular flexibility index (Phi) is 5.48. The van der Waals surface area contributed by atoms with Crippen molar-refractivity contribution in [1.82, 2.24) is 10.3 Å². The highest BCUT2D eigenvalue weighted by Gasteiger charge is 2.17. The topological polar surface area (TPSA) is 68.3 Å². The lowest BCUT2D eigenvalue weighted by molar-refractivity contribution is -0.110. The first-order chi connectivity index (χ1) is 8.90. The van der Waals surface area contributed by atoms with E-state index in [-0.39, 0.29) is 12.5 Å². The van der Waals surface area contributed by atoms with Crippen molar-refractivity contribution in [1.29, 1.82) is 0 Å². The molecule has 1 aromatic heterocycles. The third kappa shape index (κ3) is 6.55. The molecule has 0 aromatic carbocycles. The van der Waals surface area contributed by atoms with Gasteiger partial charge in [-0.1, -0.05) is 6.07 Å². The SMILES string of the molecule is CC(C)(C)OC(=O)NC[C@H](C=O)Cc1ccccn1. The molecule has 19 heavy (non-hydrogen) atoms. The first-order valence-corrected chi connectivity index (χ1v) is 6.23. The Hall–Kier alpha value is -1.91. The average molecular weight is 264 g/mol. The fourth-order valence-electron chi connectivity index (χ4n) is 1.48. The Morgan fingerprint density at radius 2 is 2.21 bits per heavy atom. The molecule has 0 saturated carbocycles. The Labute approximate surface area is 113 Å². The number of aromatic nitrogens is 1. The second kappa shape index (κ2) is 6.87. The molecule has 1 N–H and O–H groups in total. The van der Waals surface area contributed by atoms with Gasteiger partial charge in [0.05, 0.1) is 0 Å². The van der Waals surface area contributed by atoms with E-state index in [0.29, 0.717) is 6.42 Å².